The van der Waals surface area contributed by atoms with Crippen LogP contribution in [-0.2, 0) is 10.0 Å². The molecule has 2 aromatic carbocycles. The maximum atomic E-state index is 13.4. The van der Waals surface area contributed by atoms with E-state index in [0.29, 0.717) is 0 Å². The number of nitrogens with two attached hydrogens (primary N) is 1. The summed E-state index contributed by atoms with van der Waals surface area (Å²) >= 11 is 0. The van der Waals surface area contributed by atoms with Gasteiger partial charge in [0.05, 0.1) is 10.6 Å². The highest BCUT2D eigenvalue weighted by molar-refractivity contribution is 7.92. The van der Waals surface area contributed by atoms with E-state index in [-0.39, 0.29) is 5.69 Å². The summed E-state index contributed by atoms with van der Waals surface area (Å²) < 4.78 is 65.3. The first-order valence-electron chi connectivity index (χ1n) is 5.32. The minimum Gasteiger partial charge on any atom is -0.399 e. The first-order chi connectivity index (χ1) is 9.29. The number of hydrogen-bond donors (Lipinski definition) is 2. The van der Waals surface area contributed by atoms with Gasteiger partial charge in [-0.1, -0.05) is 6.07 Å². The maximum absolute atomic E-state index is 13.4. The molecule has 0 unspecified atom stereocenters. The predicted octanol–water partition coefficient (Wildman–Crippen LogP) is 2.49. The van der Waals surface area contributed by atoms with Crippen LogP contribution in [0.25, 0.3) is 0 Å². The van der Waals surface area contributed by atoms with Crippen molar-refractivity contribution in [1.29, 1.82) is 0 Å². The third kappa shape index (κ3) is 2.85. The Balaban J connectivity index is 2.43. The third-order valence-electron chi connectivity index (χ3n) is 2.40. The standard InChI is InChI=1S/C12H9F3N2O2S/c13-7-4-8(16)6-9(5-7)20(18,19)17-11-3-1-2-10(14)12(11)15/h1-6,17H,16H2. The van der Waals surface area contributed by atoms with Gasteiger partial charge in [-0.2, -0.15) is 0 Å². The van der Waals surface area contributed by atoms with Crippen molar-refractivity contribution in [2.24, 2.45) is 0 Å². The van der Waals surface area contributed by atoms with Gasteiger partial charge in [0, 0.05) is 5.69 Å². The highest BCUT2D eigenvalue weighted by Gasteiger charge is 2.19. The average Bonchev–Trinajstić information content (AvgIpc) is 2.33. The second kappa shape index (κ2) is 5.04. The number of hydrogen-bond acceptors (Lipinski definition) is 3. The molecule has 2 rings (SSSR count). The van der Waals surface area contributed by atoms with Gasteiger partial charge >= 0.3 is 0 Å². The van der Waals surface area contributed by atoms with E-state index in [4.69, 9.17) is 5.73 Å². The summed E-state index contributed by atoms with van der Waals surface area (Å²) in [6, 6.07) is 5.67. The maximum Gasteiger partial charge on any atom is 0.262 e. The van der Waals surface area contributed by atoms with Crippen molar-refractivity contribution >= 4 is 21.4 Å². The van der Waals surface area contributed by atoms with Crippen LogP contribution < -0.4 is 10.5 Å². The number of nitrogen functional groups attached to an aromatic ring is 1. The number of benzene rings is 2. The molecule has 4 nitrogen and oxygen atoms in total. The molecule has 0 fully saturated rings. The second-order valence-electron chi connectivity index (χ2n) is 3.93. The molecule has 0 heterocycles. The Morgan fingerprint density at radius 1 is 1.05 bits per heavy atom. The van der Waals surface area contributed by atoms with E-state index in [1.54, 1.807) is 0 Å². The lowest BCUT2D eigenvalue weighted by atomic mass is 10.3. The number of rotatable bonds is 3. The second-order valence-corrected chi connectivity index (χ2v) is 5.61. The summed E-state index contributed by atoms with van der Waals surface area (Å²) in [5, 5.41) is 0. The van der Waals surface area contributed by atoms with Gasteiger partial charge in [0.25, 0.3) is 10.0 Å². The summed E-state index contributed by atoms with van der Waals surface area (Å²) in [6.45, 7) is 0. The van der Waals surface area contributed by atoms with Gasteiger partial charge in [-0.25, -0.2) is 21.6 Å². The normalized spacial score (nSPS) is 11.3. The molecule has 20 heavy (non-hydrogen) atoms. The Morgan fingerprint density at radius 2 is 1.75 bits per heavy atom. The molecule has 0 aliphatic carbocycles. The van der Waals surface area contributed by atoms with E-state index < -0.39 is 38.1 Å². The average molecular weight is 302 g/mol. The Hall–Kier alpha value is -2.22. The van der Waals surface area contributed by atoms with E-state index in [1.165, 1.54) is 0 Å². The molecule has 0 aliphatic rings. The van der Waals surface area contributed by atoms with E-state index in [1.807, 2.05) is 4.72 Å². The third-order valence-corrected chi connectivity index (χ3v) is 3.74. The quantitative estimate of drug-likeness (QED) is 0.856. The molecular weight excluding hydrogens is 293 g/mol. The zero-order chi connectivity index (χ0) is 14.9. The van der Waals surface area contributed by atoms with Crippen LogP contribution in [0.4, 0.5) is 24.5 Å². The van der Waals surface area contributed by atoms with Crippen molar-refractivity contribution in [2.45, 2.75) is 4.90 Å². The van der Waals surface area contributed by atoms with Gasteiger partial charge in [0.2, 0.25) is 0 Å². The molecule has 0 radical (unpaired) electrons. The van der Waals surface area contributed by atoms with Crippen LogP contribution in [0.1, 0.15) is 0 Å². The fraction of sp³-hybridized carbons (Fsp3) is 0. The predicted molar refractivity (Wildman–Crippen MR) is 68.0 cm³/mol. The highest BCUT2D eigenvalue weighted by atomic mass is 32.2. The zero-order valence-corrected chi connectivity index (χ0v) is 10.7. The Kier molecular flexibility index (Phi) is 3.58. The topological polar surface area (TPSA) is 72.2 Å². The zero-order valence-electron chi connectivity index (χ0n) is 9.90. The van der Waals surface area contributed by atoms with Gasteiger partial charge in [-0.15, -0.1) is 0 Å². The van der Waals surface area contributed by atoms with E-state index >= 15 is 0 Å². The molecule has 0 bridgehead atoms. The first-order valence-corrected chi connectivity index (χ1v) is 6.81. The van der Waals surface area contributed by atoms with Crippen LogP contribution in [-0.4, -0.2) is 8.42 Å². The van der Waals surface area contributed by atoms with Gasteiger partial charge in [0.1, 0.15) is 5.82 Å². The molecule has 0 atom stereocenters. The molecule has 2 aromatic rings. The minimum atomic E-state index is -4.27. The smallest absolute Gasteiger partial charge is 0.262 e. The molecule has 0 aliphatic heterocycles. The lowest BCUT2D eigenvalue weighted by molar-refractivity contribution is 0.511. The molecule has 0 aromatic heterocycles. The minimum absolute atomic E-state index is 0.106. The van der Waals surface area contributed by atoms with Crippen LogP contribution in [0.15, 0.2) is 41.3 Å². The number of sulfonamides is 1. The fourth-order valence-corrected chi connectivity index (χ4v) is 2.65. The molecule has 0 saturated heterocycles. The highest BCUT2D eigenvalue weighted by Crippen LogP contribution is 2.22. The van der Waals surface area contributed by atoms with E-state index in [2.05, 4.69) is 0 Å². The summed E-state index contributed by atoms with van der Waals surface area (Å²) in [6.07, 6.45) is 0. The molecule has 3 N–H and O–H groups in total. The molecule has 0 spiro atoms. The van der Waals surface area contributed by atoms with Crippen molar-refractivity contribution in [3.8, 4) is 0 Å². The summed E-state index contributed by atoms with van der Waals surface area (Å²) in [7, 11) is -4.27. The van der Waals surface area contributed by atoms with Crippen LogP contribution >= 0.6 is 0 Å². The molecular formula is C12H9F3N2O2S. The largest absolute Gasteiger partial charge is 0.399 e. The SMILES string of the molecule is Nc1cc(F)cc(S(=O)(=O)Nc2cccc(F)c2F)c1. The molecule has 8 heteroatoms. The number of halogens is 3. The Bertz CT molecular complexity index is 743. The molecule has 0 amide bonds. The van der Waals surface area contributed by atoms with Gasteiger partial charge < -0.3 is 5.73 Å². The van der Waals surface area contributed by atoms with Gasteiger partial charge in [-0.3, -0.25) is 4.72 Å². The lowest BCUT2D eigenvalue weighted by Gasteiger charge is -2.10. The van der Waals surface area contributed by atoms with Crippen LogP contribution in [0.2, 0.25) is 0 Å². The van der Waals surface area contributed by atoms with E-state index in [9.17, 15) is 21.6 Å². The number of anilines is 2. The van der Waals surface area contributed by atoms with Crippen LogP contribution in [0, 0.1) is 17.5 Å². The lowest BCUT2D eigenvalue weighted by Crippen LogP contribution is -2.15. The van der Waals surface area contributed by atoms with Gasteiger partial charge in [-0.05, 0) is 30.3 Å². The van der Waals surface area contributed by atoms with Crippen molar-refractivity contribution < 1.29 is 21.6 Å². The van der Waals surface area contributed by atoms with E-state index in [0.717, 1.165) is 36.4 Å². The number of nitrogens with one attached hydrogen (secondary N) is 1. The van der Waals surface area contributed by atoms with Crippen LogP contribution in [0.5, 0.6) is 0 Å². The fourth-order valence-electron chi connectivity index (χ4n) is 1.53. The summed E-state index contributed by atoms with van der Waals surface area (Å²) in [4.78, 5) is -0.487. The Morgan fingerprint density at radius 3 is 2.40 bits per heavy atom. The summed E-state index contributed by atoms with van der Waals surface area (Å²) in [5.74, 6) is -3.41. The van der Waals surface area contributed by atoms with Crippen molar-refractivity contribution in [3.63, 3.8) is 0 Å². The summed E-state index contributed by atoms with van der Waals surface area (Å²) in [5.41, 5.74) is 4.65. The molecule has 106 valence electrons. The Labute approximate surface area is 113 Å². The molecule has 0 saturated carbocycles. The van der Waals surface area contributed by atoms with Crippen LogP contribution in [0.3, 0.4) is 0 Å². The van der Waals surface area contributed by atoms with Crippen molar-refractivity contribution in [3.05, 3.63) is 53.8 Å². The van der Waals surface area contributed by atoms with Gasteiger partial charge in [0.15, 0.2) is 11.6 Å². The van der Waals surface area contributed by atoms with Crippen molar-refractivity contribution in [2.75, 3.05) is 10.5 Å². The van der Waals surface area contributed by atoms with Crippen molar-refractivity contribution in [1.82, 2.24) is 0 Å². The first kappa shape index (κ1) is 14.2. The monoisotopic (exact) mass is 302 g/mol.